The molecule has 112 valence electrons. The number of nitrogens with one attached hydrogen (secondary N) is 1. The van der Waals surface area contributed by atoms with E-state index in [4.69, 9.17) is 27.9 Å². The molecule has 1 heterocycles. The largest absolute Gasteiger partial charge is 0.484 e. The van der Waals surface area contributed by atoms with Crippen LogP contribution in [0, 0.1) is 0 Å². The molecule has 2 aromatic rings. The van der Waals surface area contributed by atoms with Crippen LogP contribution in [0.2, 0.25) is 10.0 Å². The van der Waals surface area contributed by atoms with Crippen molar-refractivity contribution in [2.24, 2.45) is 0 Å². The lowest BCUT2D eigenvalue weighted by molar-refractivity contribution is 0.292. The Bertz CT molecular complexity index is 579. The summed E-state index contributed by atoms with van der Waals surface area (Å²) in [4.78, 5) is 8.25. The summed E-state index contributed by atoms with van der Waals surface area (Å²) in [5, 5.41) is 4.40. The number of rotatable bonds is 7. The number of aromatic nitrogens is 2. The van der Waals surface area contributed by atoms with Crippen LogP contribution in [0.5, 0.6) is 5.75 Å². The maximum atomic E-state index is 6.24. The minimum Gasteiger partial charge on any atom is -0.484 e. The van der Waals surface area contributed by atoms with Crippen molar-refractivity contribution >= 4 is 23.2 Å². The summed E-state index contributed by atoms with van der Waals surface area (Å²) in [6.45, 7) is 3.95. The van der Waals surface area contributed by atoms with Crippen LogP contribution in [0.4, 0.5) is 0 Å². The van der Waals surface area contributed by atoms with Gasteiger partial charge in [-0.15, -0.1) is 0 Å². The van der Waals surface area contributed by atoms with E-state index in [1.54, 1.807) is 24.5 Å². The normalized spacial score (nSPS) is 10.6. The summed E-state index contributed by atoms with van der Waals surface area (Å²) in [6, 6.07) is 5.30. The molecular weight excluding hydrogens is 309 g/mol. The number of benzene rings is 1. The highest BCUT2D eigenvalue weighted by Gasteiger charge is 2.11. The van der Waals surface area contributed by atoms with Crippen molar-refractivity contribution in [2.45, 2.75) is 26.5 Å². The fraction of sp³-hybridized carbons (Fsp3) is 0.333. The van der Waals surface area contributed by atoms with Crippen molar-refractivity contribution in [1.82, 2.24) is 15.3 Å². The second kappa shape index (κ2) is 8.17. The topological polar surface area (TPSA) is 47.0 Å². The van der Waals surface area contributed by atoms with Gasteiger partial charge in [-0.3, -0.25) is 0 Å². The highest BCUT2D eigenvalue weighted by Crippen LogP contribution is 2.32. The smallest absolute Gasteiger partial charge is 0.166 e. The van der Waals surface area contributed by atoms with Gasteiger partial charge in [0.1, 0.15) is 12.4 Å². The summed E-state index contributed by atoms with van der Waals surface area (Å²) in [5.41, 5.74) is 0.928. The van der Waals surface area contributed by atoms with Gasteiger partial charge in [0, 0.05) is 29.5 Å². The minimum atomic E-state index is 0.267. The zero-order valence-electron chi connectivity index (χ0n) is 11.8. The molecule has 6 heteroatoms. The van der Waals surface area contributed by atoms with Crippen molar-refractivity contribution in [3.8, 4) is 5.75 Å². The van der Waals surface area contributed by atoms with Crippen molar-refractivity contribution < 1.29 is 4.74 Å². The first kappa shape index (κ1) is 16.0. The molecule has 0 spiro atoms. The van der Waals surface area contributed by atoms with Crippen LogP contribution in [0.25, 0.3) is 0 Å². The Hall–Kier alpha value is -1.36. The van der Waals surface area contributed by atoms with E-state index in [0.29, 0.717) is 28.2 Å². The average molecular weight is 326 g/mol. The molecule has 0 radical (unpaired) electrons. The van der Waals surface area contributed by atoms with Gasteiger partial charge in [-0.1, -0.05) is 30.1 Å². The molecule has 0 bridgehead atoms. The Morgan fingerprint density at radius 2 is 1.95 bits per heavy atom. The molecule has 0 aliphatic heterocycles. The van der Waals surface area contributed by atoms with E-state index < -0.39 is 0 Å². The summed E-state index contributed by atoms with van der Waals surface area (Å²) >= 11 is 12.3. The van der Waals surface area contributed by atoms with Crippen LogP contribution < -0.4 is 10.1 Å². The fourth-order valence-electron chi connectivity index (χ4n) is 1.85. The molecule has 0 atom stereocenters. The zero-order chi connectivity index (χ0) is 15.1. The molecule has 0 unspecified atom stereocenters. The lowest BCUT2D eigenvalue weighted by Gasteiger charge is -2.14. The number of nitrogens with zero attached hydrogens (tertiary/aromatic N) is 2. The maximum absolute atomic E-state index is 6.24. The van der Waals surface area contributed by atoms with E-state index in [1.165, 1.54) is 0 Å². The van der Waals surface area contributed by atoms with Gasteiger partial charge in [-0.05, 0) is 31.2 Å². The van der Waals surface area contributed by atoms with Crippen LogP contribution in [0.15, 0.2) is 30.6 Å². The van der Waals surface area contributed by atoms with Gasteiger partial charge in [0.2, 0.25) is 0 Å². The Morgan fingerprint density at radius 1 is 1.19 bits per heavy atom. The summed E-state index contributed by atoms with van der Waals surface area (Å²) in [6.07, 6.45) is 4.42. The first-order chi connectivity index (χ1) is 10.2. The third-order valence-corrected chi connectivity index (χ3v) is 3.29. The quantitative estimate of drug-likeness (QED) is 0.785. The molecular formula is C15H17Cl2N3O. The average Bonchev–Trinajstić information content (AvgIpc) is 2.47. The van der Waals surface area contributed by atoms with E-state index >= 15 is 0 Å². The van der Waals surface area contributed by atoms with Gasteiger partial charge in [0.15, 0.2) is 5.82 Å². The molecule has 0 amide bonds. The standard InChI is InChI=1S/C15H17Cl2N3O/c1-2-4-18-9-11-7-12(16)8-13(17)15(11)21-10-14-19-5-3-6-20-14/h3,5-8,18H,2,4,9-10H2,1H3. The Kier molecular flexibility index (Phi) is 6.23. The third-order valence-electron chi connectivity index (χ3n) is 2.79. The van der Waals surface area contributed by atoms with Crippen molar-refractivity contribution in [3.63, 3.8) is 0 Å². The SMILES string of the molecule is CCCNCc1cc(Cl)cc(Cl)c1OCc1ncccn1. The lowest BCUT2D eigenvalue weighted by atomic mass is 10.2. The Balaban J connectivity index is 2.12. The number of halogens is 2. The summed E-state index contributed by atoms with van der Waals surface area (Å²) in [7, 11) is 0. The number of ether oxygens (including phenoxy) is 1. The molecule has 1 aromatic carbocycles. The van der Waals surface area contributed by atoms with Crippen molar-refractivity contribution in [1.29, 1.82) is 0 Å². The lowest BCUT2D eigenvalue weighted by Crippen LogP contribution is -2.15. The second-order valence-corrected chi connectivity index (χ2v) is 5.35. The first-order valence-electron chi connectivity index (χ1n) is 6.78. The van der Waals surface area contributed by atoms with Crippen LogP contribution in [0.1, 0.15) is 24.7 Å². The molecule has 0 saturated heterocycles. The molecule has 0 aliphatic carbocycles. The van der Waals surface area contributed by atoms with E-state index in [-0.39, 0.29) is 6.61 Å². The Morgan fingerprint density at radius 3 is 2.67 bits per heavy atom. The van der Waals surface area contributed by atoms with Gasteiger partial charge in [0.05, 0.1) is 5.02 Å². The highest BCUT2D eigenvalue weighted by atomic mass is 35.5. The highest BCUT2D eigenvalue weighted by molar-refractivity contribution is 6.35. The molecule has 1 N–H and O–H groups in total. The predicted octanol–water partition coefficient (Wildman–Crippen LogP) is 3.86. The number of hydrogen-bond acceptors (Lipinski definition) is 4. The second-order valence-electron chi connectivity index (χ2n) is 4.51. The fourth-order valence-corrected chi connectivity index (χ4v) is 2.44. The Labute approximate surface area is 134 Å². The van der Waals surface area contributed by atoms with E-state index in [0.717, 1.165) is 18.5 Å². The summed E-state index contributed by atoms with van der Waals surface area (Å²) < 4.78 is 5.78. The molecule has 2 rings (SSSR count). The van der Waals surface area contributed by atoms with Crippen LogP contribution in [0.3, 0.4) is 0 Å². The third kappa shape index (κ3) is 4.84. The monoisotopic (exact) mass is 325 g/mol. The molecule has 0 fully saturated rings. The first-order valence-corrected chi connectivity index (χ1v) is 7.53. The van der Waals surface area contributed by atoms with Gasteiger partial charge in [-0.25, -0.2) is 9.97 Å². The molecule has 0 aliphatic rings. The minimum absolute atomic E-state index is 0.267. The van der Waals surface area contributed by atoms with E-state index in [1.807, 2.05) is 6.07 Å². The van der Waals surface area contributed by atoms with Crippen LogP contribution >= 0.6 is 23.2 Å². The van der Waals surface area contributed by atoms with Crippen molar-refractivity contribution in [2.75, 3.05) is 6.54 Å². The summed E-state index contributed by atoms with van der Waals surface area (Å²) in [5.74, 6) is 1.23. The zero-order valence-corrected chi connectivity index (χ0v) is 13.3. The van der Waals surface area contributed by atoms with Crippen molar-refractivity contribution in [3.05, 3.63) is 52.0 Å². The van der Waals surface area contributed by atoms with Crippen LogP contribution in [-0.4, -0.2) is 16.5 Å². The maximum Gasteiger partial charge on any atom is 0.166 e. The van der Waals surface area contributed by atoms with Gasteiger partial charge in [-0.2, -0.15) is 0 Å². The van der Waals surface area contributed by atoms with Gasteiger partial charge >= 0.3 is 0 Å². The molecule has 0 saturated carbocycles. The number of hydrogen-bond donors (Lipinski definition) is 1. The molecule has 4 nitrogen and oxygen atoms in total. The predicted molar refractivity (Wildman–Crippen MR) is 84.8 cm³/mol. The van der Waals surface area contributed by atoms with Crippen LogP contribution in [-0.2, 0) is 13.2 Å². The molecule has 1 aromatic heterocycles. The van der Waals surface area contributed by atoms with Gasteiger partial charge < -0.3 is 10.1 Å². The van der Waals surface area contributed by atoms with E-state index in [9.17, 15) is 0 Å². The van der Waals surface area contributed by atoms with Gasteiger partial charge in [0.25, 0.3) is 0 Å². The molecule has 21 heavy (non-hydrogen) atoms. The van der Waals surface area contributed by atoms with E-state index in [2.05, 4.69) is 22.2 Å².